The van der Waals surface area contributed by atoms with Crippen LogP contribution in [-0.2, 0) is 0 Å². The fourth-order valence-electron chi connectivity index (χ4n) is 2.51. The average Bonchev–Trinajstić information content (AvgIpc) is 2.56. The molecule has 1 aliphatic rings. The van der Waals surface area contributed by atoms with Crippen LogP contribution in [-0.4, -0.2) is 23.7 Å². The van der Waals surface area contributed by atoms with Crippen LogP contribution in [0.15, 0.2) is 48.5 Å². The second-order valence-electron chi connectivity index (χ2n) is 5.94. The molecule has 4 nitrogen and oxygen atoms in total. The number of hydrogen-bond donors (Lipinski definition) is 2. The Bertz CT molecular complexity index is 698. The Morgan fingerprint density at radius 2 is 1.92 bits per heavy atom. The Labute approximate surface area is 140 Å². The van der Waals surface area contributed by atoms with E-state index in [1.807, 2.05) is 6.07 Å². The quantitative estimate of drug-likeness (QED) is 0.855. The summed E-state index contributed by atoms with van der Waals surface area (Å²) in [5.41, 5.74) is 1.01. The zero-order valence-electron chi connectivity index (χ0n) is 13.2. The number of aliphatic hydroxyl groups excluding tert-OH is 1. The normalized spacial score (nSPS) is 15.4. The van der Waals surface area contributed by atoms with Crippen molar-refractivity contribution >= 4 is 5.91 Å². The number of benzene rings is 2. The standard InChI is InChI=1S/C19H20FNO3/c20-14-10-8-13(9-11-14)17(22)12-21-19(23)16-6-1-2-7-18(16)24-15-4-3-5-15/h1-2,6-11,15,17,22H,3-5,12H2,(H,21,23). The van der Waals surface area contributed by atoms with E-state index in [2.05, 4.69) is 5.32 Å². The maximum atomic E-state index is 12.9. The predicted octanol–water partition coefficient (Wildman–Crippen LogP) is 3.22. The summed E-state index contributed by atoms with van der Waals surface area (Å²) in [4.78, 5) is 12.4. The van der Waals surface area contributed by atoms with E-state index < -0.39 is 6.10 Å². The smallest absolute Gasteiger partial charge is 0.255 e. The molecular formula is C19H20FNO3. The number of amides is 1. The van der Waals surface area contributed by atoms with Crippen LogP contribution >= 0.6 is 0 Å². The van der Waals surface area contributed by atoms with Gasteiger partial charge in [-0.15, -0.1) is 0 Å². The molecule has 0 saturated heterocycles. The van der Waals surface area contributed by atoms with E-state index >= 15 is 0 Å². The lowest BCUT2D eigenvalue weighted by molar-refractivity contribution is 0.0893. The zero-order chi connectivity index (χ0) is 16.9. The van der Waals surface area contributed by atoms with Crippen molar-refractivity contribution < 1.29 is 19.0 Å². The minimum absolute atomic E-state index is 0.0439. The first kappa shape index (κ1) is 16.5. The van der Waals surface area contributed by atoms with Crippen LogP contribution in [0.25, 0.3) is 0 Å². The molecule has 0 heterocycles. The first-order chi connectivity index (χ1) is 11.6. The monoisotopic (exact) mass is 329 g/mol. The molecule has 1 aliphatic carbocycles. The molecule has 1 amide bonds. The lowest BCUT2D eigenvalue weighted by Crippen LogP contribution is -2.30. The van der Waals surface area contributed by atoms with Crippen molar-refractivity contribution in [3.63, 3.8) is 0 Å². The third-order valence-corrected chi connectivity index (χ3v) is 4.19. The van der Waals surface area contributed by atoms with Gasteiger partial charge < -0.3 is 15.2 Å². The maximum Gasteiger partial charge on any atom is 0.255 e. The maximum absolute atomic E-state index is 12.9. The van der Waals surface area contributed by atoms with Gasteiger partial charge in [0.2, 0.25) is 0 Å². The Kier molecular flexibility index (Phi) is 5.11. The van der Waals surface area contributed by atoms with Gasteiger partial charge in [-0.05, 0) is 49.1 Å². The summed E-state index contributed by atoms with van der Waals surface area (Å²) in [5, 5.41) is 12.8. The molecule has 5 heteroatoms. The molecule has 0 bridgehead atoms. The molecule has 2 aromatic carbocycles. The van der Waals surface area contributed by atoms with Crippen LogP contribution in [0.1, 0.15) is 41.3 Å². The van der Waals surface area contributed by atoms with Crippen molar-refractivity contribution in [2.45, 2.75) is 31.5 Å². The van der Waals surface area contributed by atoms with Gasteiger partial charge in [0.15, 0.2) is 0 Å². The molecular weight excluding hydrogens is 309 g/mol. The molecule has 1 saturated carbocycles. The predicted molar refractivity (Wildman–Crippen MR) is 88.4 cm³/mol. The van der Waals surface area contributed by atoms with Gasteiger partial charge in [-0.2, -0.15) is 0 Å². The van der Waals surface area contributed by atoms with E-state index in [1.54, 1.807) is 18.2 Å². The lowest BCUT2D eigenvalue weighted by atomic mass is 9.96. The van der Waals surface area contributed by atoms with E-state index in [-0.39, 0.29) is 24.4 Å². The molecule has 0 radical (unpaired) electrons. The van der Waals surface area contributed by atoms with E-state index in [0.717, 1.165) is 19.3 Å². The third kappa shape index (κ3) is 3.92. The number of rotatable bonds is 6. The highest BCUT2D eigenvalue weighted by Crippen LogP contribution is 2.27. The number of ether oxygens (including phenoxy) is 1. The average molecular weight is 329 g/mol. The Balaban J connectivity index is 1.61. The van der Waals surface area contributed by atoms with Crippen molar-refractivity contribution in [1.29, 1.82) is 0 Å². The first-order valence-electron chi connectivity index (χ1n) is 8.11. The zero-order valence-corrected chi connectivity index (χ0v) is 13.2. The SMILES string of the molecule is O=C(NCC(O)c1ccc(F)cc1)c1ccccc1OC1CCC1. The Morgan fingerprint density at radius 3 is 2.58 bits per heavy atom. The second-order valence-corrected chi connectivity index (χ2v) is 5.94. The van der Waals surface area contributed by atoms with Gasteiger partial charge in [0.1, 0.15) is 11.6 Å². The van der Waals surface area contributed by atoms with E-state index in [4.69, 9.17) is 4.74 Å². The van der Waals surface area contributed by atoms with Crippen LogP contribution in [0.2, 0.25) is 0 Å². The van der Waals surface area contributed by atoms with Gasteiger partial charge in [0.05, 0.1) is 17.8 Å². The van der Waals surface area contributed by atoms with Crippen molar-refractivity contribution in [2.75, 3.05) is 6.54 Å². The highest BCUT2D eigenvalue weighted by molar-refractivity contribution is 5.96. The molecule has 126 valence electrons. The van der Waals surface area contributed by atoms with E-state index in [0.29, 0.717) is 16.9 Å². The summed E-state index contributed by atoms with van der Waals surface area (Å²) < 4.78 is 18.7. The molecule has 0 aliphatic heterocycles. The fraction of sp³-hybridized carbons (Fsp3) is 0.316. The van der Waals surface area contributed by atoms with Gasteiger partial charge >= 0.3 is 0 Å². The lowest BCUT2D eigenvalue weighted by Gasteiger charge is -2.27. The number of carbonyl (C=O) groups is 1. The molecule has 2 N–H and O–H groups in total. The molecule has 0 spiro atoms. The van der Waals surface area contributed by atoms with Crippen molar-refractivity contribution in [1.82, 2.24) is 5.32 Å². The van der Waals surface area contributed by atoms with Crippen LogP contribution < -0.4 is 10.1 Å². The molecule has 2 aromatic rings. The topological polar surface area (TPSA) is 58.6 Å². The summed E-state index contributed by atoms with van der Waals surface area (Å²) in [7, 11) is 0. The van der Waals surface area contributed by atoms with E-state index in [1.165, 1.54) is 24.3 Å². The molecule has 1 atom stereocenters. The molecule has 1 fully saturated rings. The van der Waals surface area contributed by atoms with Gasteiger partial charge in [0.25, 0.3) is 5.91 Å². The summed E-state index contributed by atoms with van der Waals surface area (Å²) in [6.45, 7) is 0.0439. The minimum atomic E-state index is -0.894. The van der Waals surface area contributed by atoms with Gasteiger partial charge in [0, 0.05) is 6.54 Å². The molecule has 0 aromatic heterocycles. The largest absolute Gasteiger partial charge is 0.490 e. The summed E-state index contributed by atoms with van der Waals surface area (Å²) in [6.07, 6.45) is 2.47. The Morgan fingerprint density at radius 1 is 1.21 bits per heavy atom. The van der Waals surface area contributed by atoms with Crippen LogP contribution in [0.3, 0.4) is 0 Å². The summed E-state index contributed by atoms with van der Waals surface area (Å²) >= 11 is 0. The highest BCUT2D eigenvalue weighted by Gasteiger charge is 2.22. The number of para-hydroxylation sites is 1. The Hall–Kier alpha value is -2.40. The first-order valence-corrected chi connectivity index (χ1v) is 8.11. The molecule has 1 unspecified atom stereocenters. The van der Waals surface area contributed by atoms with Gasteiger partial charge in [-0.3, -0.25) is 4.79 Å². The van der Waals surface area contributed by atoms with Crippen LogP contribution in [0.5, 0.6) is 5.75 Å². The molecule has 3 rings (SSSR count). The second kappa shape index (κ2) is 7.45. The number of carbonyl (C=O) groups excluding carboxylic acids is 1. The number of nitrogens with one attached hydrogen (secondary N) is 1. The van der Waals surface area contributed by atoms with Crippen LogP contribution in [0, 0.1) is 5.82 Å². The van der Waals surface area contributed by atoms with Gasteiger partial charge in [-0.25, -0.2) is 4.39 Å². The number of aliphatic hydroxyl groups is 1. The van der Waals surface area contributed by atoms with E-state index in [9.17, 15) is 14.3 Å². The van der Waals surface area contributed by atoms with Crippen LogP contribution in [0.4, 0.5) is 4.39 Å². The fourth-order valence-corrected chi connectivity index (χ4v) is 2.51. The molecule has 24 heavy (non-hydrogen) atoms. The minimum Gasteiger partial charge on any atom is -0.490 e. The van der Waals surface area contributed by atoms with Crippen molar-refractivity contribution in [3.8, 4) is 5.75 Å². The highest BCUT2D eigenvalue weighted by atomic mass is 19.1. The summed E-state index contributed by atoms with van der Waals surface area (Å²) in [5.74, 6) is -0.0980. The third-order valence-electron chi connectivity index (χ3n) is 4.19. The van der Waals surface area contributed by atoms with Gasteiger partial charge in [-0.1, -0.05) is 24.3 Å². The number of hydrogen-bond acceptors (Lipinski definition) is 3. The number of halogens is 1. The van der Waals surface area contributed by atoms with Crippen molar-refractivity contribution in [2.24, 2.45) is 0 Å². The summed E-state index contributed by atoms with van der Waals surface area (Å²) in [6, 6.07) is 12.7. The van der Waals surface area contributed by atoms with Crippen molar-refractivity contribution in [3.05, 3.63) is 65.5 Å².